The number of carbonyl (C=O) groups is 2. The Morgan fingerprint density at radius 2 is 1.62 bits per heavy atom. The number of hydrogen-bond donors (Lipinski definition) is 1. The van der Waals surface area contributed by atoms with Crippen molar-refractivity contribution in [1.82, 2.24) is 0 Å². The molecule has 0 atom stereocenters. The second-order valence-electron chi connectivity index (χ2n) is 4.98. The number of esters is 1. The molecule has 0 fully saturated rings. The van der Waals surface area contributed by atoms with E-state index in [2.05, 4.69) is 10.1 Å². The van der Waals surface area contributed by atoms with Gasteiger partial charge in [-0.3, -0.25) is 4.79 Å². The van der Waals surface area contributed by atoms with Gasteiger partial charge in [-0.2, -0.15) is 8.78 Å². The van der Waals surface area contributed by atoms with Crippen LogP contribution in [0.4, 0.5) is 14.5 Å². The van der Waals surface area contributed by atoms with Crippen molar-refractivity contribution >= 4 is 17.6 Å². The van der Waals surface area contributed by atoms with Crippen molar-refractivity contribution in [1.29, 1.82) is 0 Å². The first kappa shape index (κ1) is 19.2. The SMILES string of the molecule is CCOc1ccc(NC(=O)COC(=O)c2ccc(OC(F)F)cc2)cc1. The highest BCUT2D eigenvalue weighted by Gasteiger charge is 2.11. The maximum atomic E-state index is 12.1. The van der Waals surface area contributed by atoms with Crippen molar-refractivity contribution in [3.63, 3.8) is 0 Å². The molecule has 138 valence electrons. The van der Waals surface area contributed by atoms with Gasteiger partial charge in [-0.1, -0.05) is 0 Å². The third kappa shape index (κ3) is 6.04. The van der Waals surface area contributed by atoms with Crippen LogP contribution in [0.5, 0.6) is 11.5 Å². The first-order chi connectivity index (χ1) is 12.5. The molecule has 2 aromatic carbocycles. The zero-order chi connectivity index (χ0) is 18.9. The average molecular weight is 365 g/mol. The van der Waals surface area contributed by atoms with Crippen LogP contribution in [-0.4, -0.2) is 31.7 Å². The molecular formula is C18H17F2NO5. The number of rotatable bonds is 8. The molecule has 0 heterocycles. The van der Waals surface area contributed by atoms with Crippen LogP contribution < -0.4 is 14.8 Å². The minimum atomic E-state index is -2.95. The van der Waals surface area contributed by atoms with Crippen molar-refractivity contribution in [2.45, 2.75) is 13.5 Å². The molecule has 0 aromatic heterocycles. The maximum Gasteiger partial charge on any atom is 0.387 e. The van der Waals surface area contributed by atoms with Gasteiger partial charge in [0.05, 0.1) is 12.2 Å². The molecule has 2 aromatic rings. The van der Waals surface area contributed by atoms with Gasteiger partial charge >= 0.3 is 12.6 Å². The van der Waals surface area contributed by atoms with E-state index in [0.29, 0.717) is 18.0 Å². The van der Waals surface area contributed by atoms with Gasteiger partial charge in [0.2, 0.25) is 0 Å². The largest absolute Gasteiger partial charge is 0.494 e. The molecular weight excluding hydrogens is 348 g/mol. The van der Waals surface area contributed by atoms with Crippen molar-refractivity contribution in [2.75, 3.05) is 18.5 Å². The zero-order valence-electron chi connectivity index (χ0n) is 13.9. The summed E-state index contributed by atoms with van der Waals surface area (Å²) in [5, 5.41) is 2.57. The molecule has 0 aliphatic rings. The Morgan fingerprint density at radius 3 is 2.19 bits per heavy atom. The number of hydrogen-bond acceptors (Lipinski definition) is 5. The maximum absolute atomic E-state index is 12.1. The smallest absolute Gasteiger partial charge is 0.387 e. The summed E-state index contributed by atoms with van der Waals surface area (Å²) in [5.74, 6) is -0.670. The van der Waals surface area contributed by atoms with Crippen LogP contribution in [-0.2, 0) is 9.53 Å². The van der Waals surface area contributed by atoms with E-state index in [0.717, 1.165) is 0 Å². The predicted octanol–water partition coefficient (Wildman–Crippen LogP) is 3.48. The van der Waals surface area contributed by atoms with Gasteiger partial charge in [0.25, 0.3) is 5.91 Å². The van der Waals surface area contributed by atoms with Gasteiger partial charge in [0, 0.05) is 5.69 Å². The number of anilines is 1. The normalized spacial score (nSPS) is 10.3. The molecule has 2 rings (SSSR count). The fraction of sp³-hybridized carbons (Fsp3) is 0.222. The Labute approximate surface area is 148 Å². The Morgan fingerprint density at radius 1 is 1.00 bits per heavy atom. The average Bonchev–Trinajstić information content (AvgIpc) is 2.62. The van der Waals surface area contributed by atoms with Crippen molar-refractivity contribution < 1.29 is 32.6 Å². The number of nitrogens with one attached hydrogen (secondary N) is 1. The number of carbonyl (C=O) groups excluding carboxylic acids is 2. The van der Waals surface area contributed by atoms with Gasteiger partial charge in [0.1, 0.15) is 11.5 Å². The summed E-state index contributed by atoms with van der Waals surface area (Å²) in [6, 6.07) is 11.7. The monoisotopic (exact) mass is 365 g/mol. The molecule has 0 aliphatic carbocycles. The molecule has 1 N–H and O–H groups in total. The number of alkyl halides is 2. The number of ether oxygens (including phenoxy) is 3. The zero-order valence-corrected chi connectivity index (χ0v) is 13.9. The van der Waals surface area contributed by atoms with E-state index in [-0.39, 0.29) is 11.3 Å². The fourth-order valence-electron chi connectivity index (χ4n) is 1.99. The van der Waals surface area contributed by atoms with Gasteiger partial charge in [-0.05, 0) is 55.5 Å². The molecule has 26 heavy (non-hydrogen) atoms. The molecule has 0 unspecified atom stereocenters. The highest BCUT2D eigenvalue weighted by atomic mass is 19.3. The molecule has 0 saturated carbocycles. The Balaban J connectivity index is 1.81. The van der Waals surface area contributed by atoms with Gasteiger partial charge in [0.15, 0.2) is 6.61 Å². The Bertz CT molecular complexity index is 732. The summed E-state index contributed by atoms with van der Waals surface area (Å²) in [6.45, 7) is -1.03. The van der Waals surface area contributed by atoms with E-state index in [1.807, 2.05) is 6.92 Å². The van der Waals surface area contributed by atoms with Crippen molar-refractivity contribution in [2.24, 2.45) is 0 Å². The molecule has 1 amide bonds. The number of halogens is 2. The Hall–Kier alpha value is -3.16. The summed E-state index contributed by atoms with van der Waals surface area (Å²) in [7, 11) is 0. The first-order valence-electron chi connectivity index (χ1n) is 7.72. The highest BCUT2D eigenvalue weighted by Crippen LogP contribution is 2.16. The van der Waals surface area contributed by atoms with Gasteiger partial charge in [-0.15, -0.1) is 0 Å². The fourth-order valence-corrected chi connectivity index (χ4v) is 1.99. The quantitative estimate of drug-likeness (QED) is 0.725. The summed E-state index contributed by atoms with van der Waals surface area (Å²) >= 11 is 0. The lowest BCUT2D eigenvalue weighted by molar-refractivity contribution is -0.119. The van der Waals surface area contributed by atoms with Crippen LogP contribution in [0.3, 0.4) is 0 Å². The molecule has 0 spiro atoms. The van der Waals surface area contributed by atoms with Crippen molar-refractivity contribution in [3.8, 4) is 11.5 Å². The van der Waals surface area contributed by atoms with Crippen LogP contribution in [0, 0.1) is 0 Å². The number of amides is 1. The van der Waals surface area contributed by atoms with Crippen LogP contribution >= 0.6 is 0 Å². The lowest BCUT2D eigenvalue weighted by atomic mass is 10.2. The van der Waals surface area contributed by atoms with E-state index in [1.54, 1.807) is 24.3 Å². The molecule has 0 aliphatic heterocycles. The second-order valence-corrected chi connectivity index (χ2v) is 4.98. The molecule has 8 heteroatoms. The van der Waals surface area contributed by atoms with Crippen LogP contribution in [0.1, 0.15) is 17.3 Å². The molecule has 0 saturated heterocycles. The van der Waals surface area contributed by atoms with Crippen LogP contribution in [0.25, 0.3) is 0 Å². The minimum absolute atomic E-state index is 0.0789. The van der Waals surface area contributed by atoms with E-state index in [4.69, 9.17) is 9.47 Å². The standard InChI is InChI=1S/C18H17F2NO5/c1-2-24-14-9-5-13(6-10-14)21-16(22)11-25-17(23)12-3-7-15(8-4-12)26-18(19)20/h3-10,18H,2,11H2,1H3,(H,21,22). The van der Waals surface area contributed by atoms with E-state index in [1.165, 1.54) is 24.3 Å². The predicted molar refractivity (Wildman–Crippen MR) is 89.6 cm³/mol. The lowest BCUT2D eigenvalue weighted by Gasteiger charge is -2.08. The van der Waals surface area contributed by atoms with Crippen LogP contribution in [0.2, 0.25) is 0 Å². The van der Waals surface area contributed by atoms with Gasteiger partial charge < -0.3 is 19.5 Å². The number of benzene rings is 2. The first-order valence-corrected chi connectivity index (χ1v) is 7.72. The molecule has 6 nitrogen and oxygen atoms in total. The summed E-state index contributed by atoms with van der Waals surface area (Å²) in [5.41, 5.74) is 0.642. The second kappa shape index (κ2) is 9.36. The highest BCUT2D eigenvalue weighted by molar-refractivity contribution is 5.95. The minimum Gasteiger partial charge on any atom is -0.494 e. The van der Waals surface area contributed by atoms with Crippen LogP contribution in [0.15, 0.2) is 48.5 Å². The Kier molecular flexibility index (Phi) is 6.90. The van der Waals surface area contributed by atoms with Gasteiger partial charge in [-0.25, -0.2) is 4.79 Å². The third-order valence-corrected chi connectivity index (χ3v) is 3.10. The molecule has 0 bridgehead atoms. The third-order valence-electron chi connectivity index (χ3n) is 3.10. The summed E-state index contributed by atoms with van der Waals surface area (Å²) < 4.78 is 38.5. The van der Waals surface area contributed by atoms with E-state index in [9.17, 15) is 18.4 Å². The summed E-state index contributed by atoms with van der Waals surface area (Å²) in [6.07, 6.45) is 0. The van der Waals surface area contributed by atoms with E-state index >= 15 is 0 Å². The van der Waals surface area contributed by atoms with Crippen molar-refractivity contribution in [3.05, 3.63) is 54.1 Å². The molecule has 0 radical (unpaired) electrons. The van der Waals surface area contributed by atoms with E-state index < -0.39 is 25.1 Å². The lowest BCUT2D eigenvalue weighted by Crippen LogP contribution is -2.20. The summed E-state index contributed by atoms with van der Waals surface area (Å²) in [4.78, 5) is 23.7. The topological polar surface area (TPSA) is 73.9 Å².